The molecule has 1 aliphatic heterocycles. The van der Waals surface area contributed by atoms with Gasteiger partial charge < -0.3 is 10.2 Å². The van der Waals surface area contributed by atoms with Crippen molar-refractivity contribution in [2.75, 3.05) is 18.0 Å². The first kappa shape index (κ1) is 12.7. The normalized spacial score (nSPS) is 28.5. The molecule has 1 saturated carbocycles. The molecule has 1 aliphatic carbocycles. The Hall–Kier alpha value is -0.290. The molecule has 1 saturated heterocycles. The highest BCUT2D eigenvalue weighted by molar-refractivity contribution is 14.1. The predicted octanol–water partition coefficient (Wildman–Crippen LogP) is 3.18. The average Bonchev–Trinajstić information content (AvgIpc) is 3.18. The molecule has 2 atom stereocenters. The summed E-state index contributed by atoms with van der Waals surface area (Å²) in [5.74, 6) is 0.935. The Morgan fingerprint density at radius 2 is 2.11 bits per heavy atom. The Morgan fingerprint density at radius 1 is 1.33 bits per heavy atom. The molecule has 1 aromatic carbocycles. The van der Waals surface area contributed by atoms with Crippen molar-refractivity contribution in [1.82, 2.24) is 5.32 Å². The SMILES string of the molecule is Cc1ccc(N2CC(C3CC3)NCC2C)cc1I. The number of nitrogens with zero attached hydrogens (tertiary/aromatic N) is 1. The molecule has 0 bridgehead atoms. The lowest BCUT2D eigenvalue weighted by Crippen LogP contribution is -2.56. The van der Waals surface area contributed by atoms with Crippen LogP contribution < -0.4 is 10.2 Å². The van der Waals surface area contributed by atoms with Crippen molar-refractivity contribution in [2.24, 2.45) is 5.92 Å². The van der Waals surface area contributed by atoms with Crippen molar-refractivity contribution in [3.63, 3.8) is 0 Å². The van der Waals surface area contributed by atoms with E-state index in [1.165, 1.54) is 34.2 Å². The molecule has 0 radical (unpaired) electrons. The Balaban J connectivity index is 1.81. The van der Waals surface area contributed by atoms with E-state index >= 15 is 0 Å². The molecule has 1 N–H and O–H groups in total. The highest BCUT2D eigenvalue weighted by atomic mass is 127. The molecular weight excluding hydrogens is 335 g/mol. The third-order valence-corrected chi connectivity index (χ3v) is 5.44. The molecule has 3 rings (SSSR count). The van der Waals surface area contributed by atoms with Gasteiger partial charge in [0, 0.05) is 34.4 Å². The van der Waals surface area contributed by atoms with Gasteiger partial charge in [0.25, 0.3) is 0 Å². The van der Waals surface area contributed by atoms with Crippen molar-refractivity contribution in [3.8, 4) is 0 Å². The highest BCUT2D eigenvalue weighted by Gasteiger charge is 2.36. The second-order valence-corrected chi connectivity index (χ2v) is 6.95. The van der Waals surface area contributed by atoms with Gasteiger partial charge >= 0.3 is 0 Å². The van der Waals surface area contributed by atoms with Gasteiger partial charge in [0.1, 0.15) is 0 Å². The Morgan fingerprint density at radius 3 is 2.78 bits per heavy atom. The fraction of sp³-hybridized carbons (Fsp3) is 0.600. The molecular formula is C15H21IN2. The minimum absolute atomic E-state index is 0.596. The van der Waals surface area contributed by atoms with Crippen LogP contribution in [0.3, 0.4) is 0 Å². The summed E-state index contributed by atoms with van der Waals surface area (Å²) < 4.78 is 1.37. The van der Waals surface area contributed by atoms with Gasteiger partial charge in [-0.15, -0.1) is 0 Å². The number of anilines is 1. The van der Waals surface area contributed by atoms with Gasteiger partial charge in [-0.1, -0.05) is 6.07 Å². The minimum atomic E-state index is 0.596. The van der Waals surface area contributed by atoms with Crippen LogP contribution in [0.5, 0.6) is 0 Å². The number of piperazine rings is 1. The second-order valence-electron chi connectivity index (χ2n) is 5.79. The maximum absolute atomic E-state index is 3.71. The number of rotatable bonds is 2. The molecule has 3 heteroatoms. The number of halogens is 1. The van der Waals surface area contributed by atoms with Gasteiger partial charge in [-0.2, -0.15) is 0 Å². The highest BCUT2D eigenvalue weighted by Crippen LogP contribution is 2.35. The van der Waals surface area contributed by atoms with Crippen LogP contribution in [0, 0.1) is 16.4 Å². The first-order valence-electron chi connectivity index (χ1n) is 6.91. The second kappa shape index (κ2) is 5.00. The monoisotopic (exact) mass is 356 g/mol. The van der Waals surface area contributed by atoms with E-state index in [-0.39, 0.29) is 0 Å². The van der Waals surface area contributed by atoms with Crippen LogP contribution in [0.25, 0.3) is 0 Å². The van der Waals surface area contributed by atoms with E-state index < -0.39 is 0 Å². The molecule has 98 valence electrons. The van der Waals surface area contributed by atoms with Gasteiger partial charge in [-0.25, -0.2) is 0 Å². The number of hydrogen-bond donors (Lipinski definition) is 1. The third-order valence-electron chi connectivity index (χ3n) is 4.28. The first-order valence-corrected chi connectivity index (χ1v) is 7.99. The first-order chi connectivity index (χ1) is 8.65. The zero-order valence-corrected chi connectivity index (χ0v) is 13.3. The smallest absolute Gasteiger partial charge is 0.0387 e. The maximum atomic E-state index is 3.71. The van der Waals surface area contributed by atoms with Crippen LogP contribution in [0.4, 0.5) is 5.69 Å². The van der Waals surface area contributed by atoms with Crippen LogP contribution in [-0.2, 0) is 0 Å². The summed E-state index contributed by atoms with van der Waals surface area (Å²) in [6, 6.07) is 8.17. The summed E-state index contributed by atoms with van der Waals surface area (Å²) in [7, 11) is 0. The Labute approximate surface area is 123 Å². The van der Waals surface area contributed by atoms with Gasteiger partial charge in [-0.05, 0) is 72.9 Å². The lowest BCUT2D eigenvalue weighted by atomic mass is 10.0. The average molecular weight is 356 g/mol. The van der Waals surface area contributed by atoms with Gasteiger partial charge in [-0.3, -0.25) is 0 Å². The summed E-state index contributed by atoms with van der Waals surface area (Å²) >= 11 is 2.44. The van der Waals surface area contributed by atoms with E-state index in [0.29, 0.717) is 12.1 Å². The van der Waals surface area contributed by atoms with Crippen molar-refractivity contribution in [1.29, 1.82) is 0 Å². The quantitative estimate of drug-likeness (QED) is 0.819. The van der Waals surface area contributed by atoms with E-state index in [2.05, 4.69) is 64.9 Å². The predicted molar refractivity (Wildman–Crippen MR) is 85.2 cm³/mol. The van der Waals surface area contributed by atoms with Gasteiger partial charge in [0.05, 0.1) is 0 Å². The van der Waals surface area contributed by atoms with Crippen LogP contribution >= 0.6 is 22.6 Å². The summed E-state index contributed by atoms with van der Waals surface area (Å²) in [5, 5.41) is 3.71. The van der Waals surface area contributed by atoms with Crippen LogP contribution in [0.15, 0.2) is 18.2 Å². The van der Waals surface area contributed by atoms with Crippen molar-refractivity contribution >= 4 is 28.3 Å². The summed E-state index contributed by atoms with van der Waals surface area (Å²) in [5.41, 5.74) is 2.77. The van der Waals surface area contributed by atoms with Crippen molar-refractivity contribution in [2.45, 2.75) is 38.8 Å². The molecule has 2 nitrogen and oxygen atoms in total. The summed E-state index contributed by atoms with van der Waals surface area (Å²) in [4.78, 5) is 2.58. The lowest BCUT2D eigenvalue weighted by Gasteiger charge is -2.40. The van der Waals surface area contributed by atoms with Crippen LogP contribution in [0.1, 0.15) is 25.3 Å². The Kier molecular flexibility index (Phi) is 3.54. The van der Waals surface area contributed by atoms with Gasteiger partial charge in [0.2, 0.25) is 0 Å². The number of aryl methyl sites for hydroxylation is 1. The van der Waals surface area contributed by atoms with E-state index in [0.717, 1.165) is 12.5 Å². The fourth-order valence-corrected chi connectivity index (χ4v) is 3.32. The van der Waals surface area contributed by atoms with Crippen LogP contribution in [0.2, 0.25) is 0 Å². The van der Waals surface area contributed by atoms with E-state index in [4.69, 9.17) is 0 Å². The zero-order valence-electron chi connectivity index (χ0n) is 11.1. The number of nitrogens with one attached hydrogen (secondary N) is 1. The molecule has 0 aromatic heterocycles. The fourth-order valence-electron chi connectivity index (χ4n) is 2.82. The van der Waals surface area contributed by atoms with Crippen LogP contribution in [-0.4, -0.2) is 25.2 Å². The molecule has 18 heavy (non-hydrogen) atoms. The van der Waals surface area contributed by atoms with Gasteiger partial charge in [0.15, 0.2) is 0 Å². The van der Waals surface area contributed by atoms with Crippen molar-refractivity contribution < 1.29 is 0 Å². The largest absolute Gasteiger partial charge is 0.366 e. The minimum Gasteiger partial charge on any atom is -0.366 e. The molecule has 0 spiro atoms. The van der Waals surface area contributed by atoms with E-state index in [9.17, 15) is 0 Å². The third kappa shape index (κ3) is 2.52. The number of benzene rings is 1. The molecule has 1 heterocycles. The lowest BCUT2D eigenvalue weighted by molar-refractivity contribution is 0.376. The number of hydrogen-bond acceptors (Lipinski definition) is 2. The van der Waals surface area contributed by atoms with E-state index in [1.807, 2.05) is 0 Å². The molecule has 0 amide bonds. The molecule has 2 unspecified atom stereocenters. The maximum Gasteiger partial charge on any atom is 0.0387 e. The zero-order chi connectivity index (χ0) is 12.7. The molecule has 2 aliphatic rings. The standard InChI is InChI=1S/C15H21IN2/c1-10-3-6-13(7-14(10)16)18-9-15(12-4-5-12)17-8-11(18)2/h3,6-7,11-12,15,17H,4-5,8-9H2,1-2H3. The molecule has 1 aromatic rings. The van der Waals surface area contributed by atoms with E-state index in [1.54, 1.807) is 0 Å². The molecule has 2 fully saturated rings. The topological polar surface area (TPSA) is 15.3 Å². The summed E-state index contributed by atoms with van der Waals surface area (Å²) in [6.07, 6.45) is 2.84. The van der Waals surface area contributed by atoms with Crippen molar-refractivity contribution in [3.05, 3.63) is 27.3 Å². The summed E-state index contributed by atoms with van der Waals surface area (Å²) in [6.45, 7) is 6.79. The Bertz CT molecular complexity index is 442.